The van der Waals surface area contributed by atoms with E-state index in [-0.39, 0.29) is 0 Å². The lowest BCUT2D eigenvalue weighted by Crippen LogP contribution is -2.11. The third-order valence-corrected chi connectivity index (χ3v) is 1.96. The van der Waals surface area contributed by atoms with Crippen LogP contribution in [0.2, 0.25) is 0 Å². The van der Waals surface area contributed by atoms with Gasteiger partial charge in [-0.15, -0.1) is 6.42 Å². The Morgan fingerprint density at radius 1 is 1.75 bits per heavy atom. The lowest BCUT2D eigenvalue weighted by Gasteiger charge is -2.07. The molecule has 0 aromatic carbocycles. The molecule has 0 aliphatic heterocycles. The second kappa shape index (κ2) is 5.62. The van der Waals surface area contributed by atoms with Crippen LogP contribution >= 0.6 is 0 Å². The maximum Gasteiger partial charge on any atom is 0.0196 e. The Labute approximate surface area is 75.3 Å². The minimum Gasteiger partial charge on any atom is -0.330 e. The third kappa shape index (κ3) is 3.41. The molecule has 0 saturated carbocycles. The summed E-state index contributed by atoms with van der Waals surface area (Å²) in [4.78, 5) is 0. The molecule has 1 unspecified atom stereocenters. The number of terminal acetylenes is 1. The van der Waals surface area contributed by atoms with Gasteiger partial charge in [-0.1, -0.05) is 25.5 Å². The molecule has 0 aromatic heterocycles. The van der Waals surface area contributed by atoms with E-state index in [1.54, 1.807) is 0 Å². The highest BCUT2D eigenvalue weighted by Gasteiger charge is 2.00. The van der Waals surface area contributed by atoms with Gasteiger partial charge in [0.1, 0.15) is 0 Å². The van der Waals surface area contributed by atoms with Gasteiger partial charge in [-0.05, 0) is 31.4 Å². The van der Waals surface area contributed by atoms with E-state index in [4.69, 9.17) is 12.2 Å². The van der Waals surface area contributed by atoms with Gasteiger partial charge >= 0.3 is 0 Å². The monoisotopic (exact) mass is 163 g/mol. The van der Waals surface area contributed by atoms with Gasteiger partial charge in [-0.2, -0.15) is 0 Å². The quantitative estimate of drug-likeness (QED) is 0.498. The van der Waals surface area contributed by atoms with Crippen LogP contribution in [0.1, 0.15) is 20.3 Å². The van der Waals surface area contributed by atoms with Crippen LogP contribution in [0.4, 0.5) is 0 Å². The maximum atomic E-state index is 5.55. The summed E-state index contributed by atoms with van der Waals surface area (Å²) in [5.74, 6) is 2.94. The van der Waals surface area contributed by atoms with Crippen molar-refractivity contribution in [3.63, 3.8) is 0 Å². The molecule has 0 heterocycles. The van der Waals surface area contributed by atoms with E-state index >= 15 is 0 Å². The van der Waals surface area contributed by atoms with E-state index < -0.39 is 0 Å². The molecular formula is C11H17N. The molecule has 0 fully saturated rings. The van der Waals surface area contributed by atoms with E-state index in [0.29, 0.717) is 12.5 Å². The summed E-state index contributed by atoms with van der Waals surface area (Å²) in [5.41, 5.74) is 7.36. The maximum absolute atomic E-state index is 5.55. The molecule has 0 aliphatic rings. The van der Waals surface area contributed by atoms with E-state index in [1.807, 2.05) is 6.92 Å². The van der Waals surface area contributed by atoms with Crippen LogP contribution in [-0.2, 0) is 0 Å². The van der Waals surface area contributed by atoms with Gasteiger partial charge in [0.15, 0.2) is 0 Å². The topological polar surface area (TPSA) is 26.0 Å². The van der Waals surface area contributed by atoms with Crippen molar-refractivity contribution in [2.75, 3.05) is 6.54 Å². The van der Waals surface area contributed by atoms with Gasteiger partial charge in [-0.3, -0.25) is 0 Å². The van der Waals surface area contributed by atoms with Crippen LogP contribution in [0, 0.1) is 18.3 Å². The lowest BCUT2D eigenvalue weighted by atomic mass is 10.0. The number of allylic oxidation sites excluding steroid dienone is 2. The van der Waals surface area contributed by atoms with Crippen molar-refractivity contribution in [2.45, 2.75) is 20.3 Å². The molecule has 0 radical (unpaired) electrons. The zero-order valence-corrected chi connectivity index (χ0v) is 7.93. The third-order valence-electron chi connectivity index (χ3n) is 1.96. The SMILES string of the molecule is C#CC(=C)/C(C)=C/C(CC)CN. The predicted molar refractivity (Wildman–Crippen MR) is 54.6 cm³/mol. The smallest absolute Gasteiger partial charge is 0.0196 e. The molecule has 0 rings (SSSR count). The van der Waals surface area contributed by atoms with Gasteiger partial charge in [-0.25, -0.2) is 0 Å². The van der Waals surface area contributed by atoms with Crippen molar-refractivity contribution in [3.8, 4) is 12.3 Å². The largest absolute Gasteiger partial charge is 0.330 e. The Hall–Kier alpha value is -1.00. The van der Waals surface area contributed by atoms with Crippen LogP contribution in [0.15, 0.2) is 23.8 Å². The summed E-state index contributed by atoms with van der Waals surface area (Å²) in [6, 6.07) is 0. The van der Waals surface area contributed by atoms with E-state index in [9.17, 15) is 0 Å². The number of rotatable bonds is 4. The van der Waals surface area contributed by atoms with Gasteiger partial charge in [0, 0.05) is 5.57 Å². The molecule has 1 nitrogen and oxygen atoms in total. The fourth-order valence-corrected chi connectivity index (χ4v) is 0.921. The fraction of sp³-hybridized carbons (Fsp3) is 0.455. The number of nitrogens with two attached hydrogens (primary N) is 1. The summed E-state index contributed by atoms with van der Waals surface area (Å²) in [6.07, 6.45) is 8.36. The summed E-state index contributed by atoms with van der Waals surface area (Å²) < 4.78 is 0. The Bertz CT molecular complexity index is 214. The second-order valence-electron chi connectivity index (χ2n) is 2.88. The first-order valence-corrected chi connectivity index (χ1v) is 4.20. The highest BCUT2D eigenvalue weighted by atomic mass is 14.5. The number of hydrogen-bond acceptors (Lipinski definition) is 1. The molecule has 0 aromatic rings. The van der Waals surface area contributed by atoms with Crippen LogP contribution in [-0.4, -0.2) is 6.54 Å². The molecular weight excluding hydrogens is 146 g/mol. The molecule has 1 atom stereocenters. The van der Waals surface area contributed by atoms with Crippen LogP contribution < -0.4 is 5.73 Å². The minimum absolute atomic E-state index is 0.426. The average Bonchev–Trinajstić information content (AvgIpc) is 2.12. The zero-order valence-electron chi connectivity index (χ0n) is 7.93. The van der Waals surface area contributed by atoms with E-state index in [1.165, 1.54) is 0 Å². The summed E-state index contributed by atoms with van der Waals surface area (Å²) in [5, 5.41) is 0. The van der Waals surface area contributed by atoms with Crippen molar-refractivity contribution in [2.24, 2.45) is 11.7 Å². The Morgan fingerprint density at radius 2 is 2.33 bits per heavy atom. The standard InChI is InChI=1S/C11H17N/c1-5-9(3)10(4)7-11(6-2)8-12/h1,7,11H,3,6,8,12H2,2,4H3/b10-7+. The molecule has 12 heavy (non-hydrogen) atoms. The molecule has 0 spiro atoms. The van der Waals surface area contributed by atoms with E-state index in [2.05, 4.69) is 25.5 Å². The van der Waals surface area contributed by atoms with Crippen molar-refractivity contribution >= 4 is 0 Å². The van der Waals surface area contributed by atoms with Crippen LogP contribution in [0.3, 0.4) is 0 Å². The van der Waals surface area contributed by atoms with Crippen molar-refractivity contribution in [1.29, 1.82) is 0 Å². The fourth-order valence-electron chi connectivity index (χ4n) is 0.921. The Morgan fingerprint density at radius 3 is 2.67 bits per heavy atom. The molecule has 0 saturated heterocycles. The first kappa shape index (κ1) is 11.0. The van der Waals surface area contributed by atoms with Crippen LogP contribution in [0.5, 0.6) is 0 Å². The first-order valence-electron chi connectivity index (χ1n) is 4.20. The zero-order chi connectivity index (χ0) is 9.56. The van der Waals surface area contributed by atoms with Gasteiger partial charge in [0.05, 0.1) is 0 Å². The normalized spacial score (nSPS) is 13.7. The Balaban J connectivity index is 4.34. The second-order valence-corrected chi connectivity index (χ2v) is 2.88. The van der Waals surface area contributed by atoms with Crippen molar-refractivity contribution in [3.05, 3.63) is 23.8 Å². The van der Waals surface area contributed by atoms with Crippen LogP contribution in [0.25, 0.3) is 0 Å². The molecule has 0 bridgehead atoms. The number of hydrogen-bond donors (Lipinski definition) is 1. The molecule has 0 aliphatic carbocycles. The molecule has 2 N–H and O–H groups in total. The average molecular weight is 163 g/mol. The highest BCUT2D eigenvalue weighted by molar-refractivity contribution is 5.40. The summed E-state index contributed by atoms with van der Waals surface area (Å²) in [6.45, 7) is 8.51. The van der Waals surface area contributed by atoms with Gasteiger partial charge in [0.25, 0.3) is 0 Å². The summed E-state index contributed by atoms with van der Waals surface area (Å²) in [7, 11) is 0. The molecule has 1 heteroatoms. The van der Waals surface area contributed by atoms with Crippen molar-refractivity contribution in [1.82, 2.24) is 0 Å². The van der Waals surface area contributed by atoms with Crippen molar-refractivity contribution < 1.29 is 0 Å². The predicted octanol–water partition coefficient (Wildman–Crippen LogP) is 2.11. The minimum atomic E-state index is 0.426. The molecule has 66 valence electrons. The summed E-state index contributed by atoms with van der Waals surface area (Å²) >= 11 is 0. The first-order chi connectivity index (χ1) is 5.65. The Kier molecular flexibility index (Phi) is 5.16. The molecule has 0 amide bonds. The lowest BCUT2D eigenvalue weighted by molar-refractivity contribution is 0.636. The van der Waals surface area contributed by atoms with Gasteiger partial charge < -0.3 is 5.73 Å². The van der Waals surface area contributed by atoms with Gasteiger partial charge in [0.2, 0.25) is 0 Å². The highest BCUT2D eigenvalue weighted by Crippen LogP contribution is 2.11. The van der Waals surface area contributed by atoms with E-state index in [0.717, 1.165) is 17.6 Å².